The van der Waals surface area contributed by atoms with E-state index in [1.165, 1.54) is 0 Å². The van der Waals surface area contributed by atoms with Gasteiger partial charge < -0.3 is 19.7 Å². The SMILES string of the molecule is Cc1cccc(C)c1NC(=O)CN1CCN(CC(=O)N2CCC[C@@H]2c2ccc3c(c2)OCCO3)CC1. The number of nitrogens with zero attached hydrogens (tertiary/aromatic N) is 3. The molecule has 8 heteroatoms. The quantitative estimate of drug-likeness (QED) is 0.668. The van der Waals surface area contributed by atoms with E-state index in [2.05, 4.69) is 21.2 Å². The second-order valence-corrected chi connectivity index (χ2v) is 10.0. The van der Waals surface area contributed by atoms with Crippen LogP contribution in [0.15, 0.2) is 36.4 Å². The Balaban J connectivity index is 1.11. The molecule has 0 bridgehead atoms. The molecule has 1 N–H and O–H groups in total. The Kier molecular flexibility index (Phi) is 7.43. The fourth-order valence-corrected chi connectivity index (χ4v) is 5.46. The van der Waals surface area contributed by atoms with Crippen LogP contribution >= 0.6 is 0 Å². The van der Waals surface area contributed by atoms with Gasteiger partial charge in [0.25, 0.3) is 0 Å². The molecule has 0 radical (unpaired) electrons. The molecule has 2 aromatic carbocycles. The first kappa shape index (κ1) is 24.6. The van der Waals surface area contributed by atoms with Crippen LogP contribution in [0.4, 0.5) is 5.69 Å². The maximum atomic E-state index is 13.3. The number of rotatable bonds is 6. The number of hydrogen-bond acceptors (Lipinski definition) is 6. The van der Waals surface area contributed by atoms with Crippen molar-refractivity contribution in [3.63, 3.8) is 0 Å². The van der Waals surface area contributed by atoms with Gasteiger partial charge in [-0.15, -0.1) is 0 Å². The number of carbonyl (C=O) groups excluding carboxylic acids is 2. The number of amides is 2. The molecule has 3 aliphatic heterocycles. The minimum atomic E-state index is 0.0104. The number of piperazine rings is 1. The van der Waals surface area contributed by atoms with E-state index in [0.29, 0.717) is 26.3 Å². The fourth-order valence-electron chi connectivity index (χ4n) is 5.46. The highest BCUT2D eigenvalue weighted by Crippen LogP contribution is 2.38. The predicted molar refractivity (Wildman–Crippen MR) is 139 cm³/mol. The summed E-state index contributed by atoms with van der Waals surface area (Å²) in [5, 5.41) is 3.07. The number of ether oxygens (including phenoxy) is 2. The van der Waals surface area contributed by atoms with E-state index in [1.54, 1.807) is 0 Å². The Morgan fingerprint density at radius 1 is 0.889 bits per heavy atom. The highest BCUT2D eigenvalue weighted by Gasteiger charge is 2.32. The zero-order valence-corrected chi connectivity index (χ0v) is 21.3. The summed E-state index contributed by atoms with van der Waals surface area (Å²) in [6, 6.07) is 12.2. The van der Waals surface area contributed by atoms with E-state index in [0.717, 1.165) is 79.4 Å². The molecule has 36 heavy (non-hydrogen) atoms. The summed E-state index contributed by atoms with van der Waals surface area (Å²) in [4.78, 5) is 32.3. The summed E-state index contributed by atoms with van der Waals surface area (Å²) in [7, 11) is 0. The van der Waals surface area contributed by atoms with Crippen molar-refractivity contribution >= 4 is 17.5 Å². The van der Waals surface area contributed by atoms with E-state index in [1.807, 2.05) is 49.1 Å². The summed E-state index contributed by atoms with van der Waals surface area (Å²) in [6.45, 7) is 9.85. The molecule has 3 heterocycles. The summed E-state index contributed by atoms with van der Waals surface area (Å²) in [6.07, 6.45) is 1.97. The number of para-hydroxylation sites is 1. The summed E-state index contributed by atoms with van der Waals surface area (Å²) >= 11 is 0. The predicted octanol–water partition coefficient (Wildman–Crippen LogP) is 2.99. The van der Waals surface area contributed by atoms with Crippen LogP contribution in [0, 0.1) is 13.8 Å². The fraction of sp³-hybridized carbons (Fsp3) is 0.500. The van der Waals surface area contributed by atoms with Gasteiger partial charge in [0.05, 0.1) is 19.1 Å². The van der Waals surface area contributed by atoms with E-state index in [9.17, 15) is 9.59 Å². The number of likely N-dealkylation sites (tertiary alicyclic amines) is 1. The molecule has 2 saturated heterocycles. The monoisotopic (exact) mass is 492 g/mol. The molecule has 0 saturated carbocycles. The van der Waals surface area contributed by atoms with Crippen molar-refractivity contribution in [2.24, 2.45) is 0 Å². The molecule has 2 amide bonds. The summed E-state index contributed by atoms with van der Waals surface area (Å²) in [5.41, 5.74) is 4.17. The van der Waals surface area contributed by atoms with Crippen LogP contribution in [0.2, 0.25) is 0 Å². The highest BCUT2D eigenvalue weighted by molar-refractivity contribution is 5.93. The largest absolute Gasteiger partial charge is 0.486 e. The van der Waals surface area contributed by atoms with E-state index < -0.39 is 0 Å². The molecule has 0 spiro atoms. The maximum absolute atomic E-state index is 13.3. The third-order valence-corrected chi connectivity index (χ3v) is 7.46. The van der Waals surface area contributed by atoms with Gasteiger partial charge in [-0.05, 0) is 55.5 Å². The molecule has 3 aliphatic rings. The normalized spacial score (nSPS) is 20.4. The molecular formula is C28H36N4O4. The lowest BCUT2D eigenvalue weighted by Crippen LogP contribution is -2.51. The van der Waals surface area contributed by atoms with Gasteiger partial charge in [0, 0.05) is 38.4 Å². The van der Waals surface area contributed by atoms with Gasteiger partial charge >= 0.3 is 0 Å². The van der Waals surface area contributed by atoms with Gasteiger partial charge in [0.2, 0.25) is 11.8 Å². The molecule has 8 nitrogen and oxygen atoms in total. The smallest absolute Gasteiger partial charge is 0.238 e. The number of aryl methyl sites for hydroxylation is 2. The summed E-state index contributed by atoms with van der Waals surface area (Å²) in [5.74, 6) is 1.74. The van der Waals surface area contributed by atoms with Gasteiger partial charge in [0.1, 0.15) is 13.2 Å². The summed E-state index contributed by atoms with van der Waals surface area (Å²) < 4.78 is 11.4. The third-order valence-electron chi connectivity index (χ3n) is 7.46. The zero-order valence-electron chi connectivity index (χ0n) is 21.3. The van der Waals surface area contributed by atoms with Crippen LogP contribution < -0.4 is 14.8 Å². The second kappa shape index (κ2) is 10.9. The van der Waals surface area contributed by atoms with Crippen LogP contribution in [-0.2, 0) is 9.59 Å². The Morgan fingerprint density at radius 3 is 2.28 bits per heavy atom. The topological polar surface area (TPSA) is 74.4 Å². The highest BCUT2D eigenvalue weighted by atomic mass is 16.6. The minimum Gasteiger partial charge on any atom is -0.486 e. The van der Waals surface area contributed by atoms with Crippen LogP contribution in [0.25, 0.3) is 0 Å². The Hall–Kier alpha value is -3.10. The standard InChI is InChI=1S/C28H36N4O4/c1-20-5-3-6-21(2)28(20)29-26(33)18-30-11-13-31(14-12-30)19-27(34)32-10-4-7-23(32)22-8-9-24-25(17-22)36-16-15-35-24/h3,5-6,8-9,17,23H,4,7,10-16,18-19H2,1-2H3,(H,29,33)/t23-/m1/s1. The minimum absolute atomic E-state index is 0.0104. The molecule has 192 valence electrons. The average molecular weight is 493 g/mol. The maximum Gasteiger partial charge on any atom is 0.238 e. The van der Waals surface area contributed by atoms with Gasteiger partial charge in [-0.3, -0.25) is 19.4 Å². The van der Waals surface area contributed by atoms with Crippen LogP contribution in [0.3, 0.4) is 0 Å². The van der Waals surface area contributed by atoms with Gasteiger partial charge in [0.15, 0.2) is 11.5 Å². The van der Waals surface area contributed by atoms with Gasteiger partial charge in [-0.25, -0.2) is 0 Å². The van der Waals surface area contributed by atoms with Crippen LogP contribution in [0.5, 0.6) is 11.5 Å². The first-order chi connectivity index (χ1) is 17.5. The number of nitrogens with one attached hydrogen (secondary N) is 1. The molecule has 5 rings (SSSR count). The van der Waals surface area contributed by atoms with Crippen molar-refractivity contribution in [3.05, 3.63) is 53.1 Å². The van der Waals surface area contributed by atoms with Crippen molar-refractivity contribution in [3.8, 4) is 11.5 Å². The molecular weight excluding hydrogens is 456 g/mol. The van der Waals surface area contributed by atoms with E-state index >= 15 is 0 Å². The number of hydrogen-bond donors (Lipinski definition) is 1. The molecule has 0 aliphatic carbocycles. The lowest BCUT2D eigenvalue weighted by molar-refractivity contribution is -0.134. The van der Waals surface area contributed by atoms with Crippen molar-refractivity contribution in [2.75, 3.05) is 64.3 Å². The zero-order chi connectivity index (χ0) is 25.1. The average Bonchev–Trinajstić information content (AvgIpc) is 3.38. The molecule has 0 unspecified atom stereocenters. The number of carbonyl (C=O) groups is 2. The van der Waals surface area contributed by atoms with Crippen LogP contribution in [0.1, 0.15) is 35.6 Å². The van der Waals surface area contributed by atoms with Gasteiger partial charge in [-0.2, -0.15) is 0 Å². The van der Waals surface area contributed by atoms with E-state index in [4.69, 9.17) is 9.47 Å². The molecule has 2 aromatic rings. The number of anilines is 1. The van der Waals surface area contributed by atoms with Crippen LogP contribution in [-0.4, -0.2) is 85.5 Å². The molecule has 0 aromatic heterocycles. The number of fused-ring (bicyclic) bond motifs is 1. The number of benzene rings is 2. The van der Waals surface area contributed by atoms with Crippen molar-refractivity contribution in [2.45, 2.75) is 32.7 Å². The Morgan fingerprint density at radius 2 is 1.56 bits per heavy atom. The Bertz CT molecular complexity index is 1090. The lowest BCUT2D eigenvalue weighted by Gasteiger charge is -2.35. The first-order valence-electron chi connectivity index (χ1n) is 13.0. The second-order valence-electron chi connectivity index (χ2n) is 10.0. The first-order valence-corrected chi connectivity index (χ1v) is 13.0. The molecule has 1 atom stereocenters. The van der Waals surface area contributed by atoms with Crippen molar-refractivity contribution < 1.29 is 19.1 Å². The van der Waals surface area contributed by atoms with E-state index in [-0.39, 0.29) is 17.9 Å². The third kappa shape index (κ3) is 5.50. The van der Waals surface area contributed by atoms with Crippen molar-refractivity contribution in [1.82, 2.24) is 14.7 Å². The lowest BCUT2D eigenvalue weighted by atomic mass is 10.0. The van der Waals surface area contributed by atoms with Gasteiger partial charge in [-0.1, -0.05) is 24.3 Å². The van der Waals surface area contributed by atoms with Crippen molar-refractivity contribution in [1.29, 1.82) is 0 Å². The Labute approximate surface area is 213 Å². The molecule has 2 fully saturated rings.